The number of aromatic hydroxyl groups is 1. The van der Waals surface area contributed by atoms with E-state index in [0.29, 0.717) is 11.5 Å². The highest BCUT2D eigenvalue weighted by molar-refractivity contribution is 5.89. The van der Waals surface area contributed by atoms with Gasteiger partial charge in [0.25, 0.3) is 0 Å². The largest absolute Gasteiger partial charge is 0.508 e. The van der Waals surface area contributed by atoms with E-state index in [4.69, 9.17) is 0 Å². The van der Waals surface area contributed by atoms with E-state index in [1.165, 1.54) is 25.7 Å². The molecule has 2 N–H and O–H groups in total. The molecule has 0 aromatic heterocycles. The molecule has 0 aliphatic rings. The average Bonchev–Trinajstić information content (AvgIpc) is 2.61. The van der Waals surface area contributed by atoms with Gasteiger partial charge < -0.3 is 10.2 Å². The van der Waals surface area contributed by atoms with Gasteiger partial charge in [-0.25, -0.2) is 4.79 Å². The number of hydrogen-bond acceptors (Lipinski definition) is 2. The van der Waals surface area contributed by atoms with Gasteiger partial charge in [-0.15, -0.1) is 0 Å². The topological polar surface area (TPSA) is 57.5 Å². The highest BCUT2D eigenvalue weighted by Crippen LogP contribution is 2.33. The number of aromatic carboxylic acids is 1. The first-order valence-corrected chi connectivity index (χ1v) is 9.19. The molecular formula is C22H28O3. The van der Waals surface area contributed by atoms with Crippen molar-refractivity contribution in [2.45, 2.75) is 58.3 Å². The van der Waals surface area contributed by atoms with Crippen LogP contribution in [-0.4, -0.2) is 16.2 Å². The normalized spacial score (nSPS) is 12.1. The Morgan fingerprint density at radius 1 is 1.00 bits per heavy atom. The Bertz CT molecular complexity index is 689. The molecule has 0 saturated heterocycles. The SMILES string of the molecule is CCCCCCCC(C)c1cc(C(=O)O)ccc1-c1ccc(O)cc1. The molecule has 0 radical (unpaired) electrons. The molecule has 2 aromatic carbocycles. The second kappa shape index (κ2) is 9.26. The van der Waals surface area contributed by atoms with Crippen molar-refractivity contribution in [3.8, 4) is 16.9 Å². The molecule has 3 nitrogen and oxygen atoms in total. The van der Waals surface area contributed by atoms with E-state index in [0.717, 1.165) is 29.5 Å². The summed E-state index contributed by atoms with van der Waals surface area (Å²) in [6, 6.07) is 12.4. The van der Waals surface area contributed by atoms with E-state index < -0.39 is 5.97 Å². The Kier molecular flexibility index (Phi) is 7.05. The lowest BCUT2D eigenvalue weighted by molar-refractivity contribution is 0.0696. The van der Waals surface area contributed by atoms with Gasteiger partial charge in [0.15, 0.2) is 0 Å². The Hall–Kier alpha value is -2.29. The Morgan fingerprint density at radius 2 is 1.68 bits per heavy atom. The minimum Gasteiger partial charge on any atom is -0.508 e. The highest BCUT2D eigenvalue weighted by atomic mass is 16.4. The van der Waals surface area contributed by atoms with Gasteiger partial charge in [-0.1, -0.05) is 64.2 Å². The summed E-state index contributed by atoms with van der Waals surface area (Å²) in [6.45, 7) is 4.38. The summed E-state index contributed by atoms with van der Waals surface area (Å²) >= 11 is 0. The summed E-state index contributed by atoms with van der Waals surface area (Å²) in [7, 11) is 0. The first-order valence-electron chi connectivity index (χ1n) is 9.19. The summed E-state index contributed by atoms with van der Waals surface area (Å²) in [5.74, 6) is -0.366. The van der Waals surface area contributed by atoms with Crippen LogP contribution >= 0.6 is 0 Å². The molecule has 0 bridgehead atoms. The van der Waals surface area contributed by atoms with Gasteiger partial charge in [-0.05, 0) is 53.3 Å². The van der Waals surface area contributed by atoms with Gasteiger partial charge in [-0.2, -0.15) is 0 Å². The molecule has 3 heteroatoms. The fraction of sp³-hybridized carbons (Fsp3) is 0.409. The van der Waals surface area contributed by atoms with Gasteiger partial charge in [0.2, 0.25) is 0 Å². The lowest BCUT2D eigenvalue weighted by atomic mass is 9.87. The van der Waals surface area contributed by atoms with Gasteiger partial charge in [0.1, 0.15) is 5.75 Å². The zero-order valence-electron chi connectivity index (χ0n) is 15.2. The number of carboxylic acid groups (broad SMARTS) is 1. The van der Waals surface area contributed by atoms with Crippen LogP contribution in [0, 0.1) is 0 Å². The molecule has 0 aliphatic heterocycles. The van der Waals surface area contributed by atoms with Gasteiger partial charge >= 0.3 is 5.97 Å². The number of benzene rings is 2. The Labute approximate surface area is 150 Å². The Morgan fingerprint density at radius 3 is 2.32 bits per heavy atom. The fourth-order valence-corrected chi connectivity index (χ4v) is 3.22. The quantitative estimate of drug-likeness (QED) is 0.533. The standard InChI is InChI=1S/C22H28O3/c1-3-4-5-6-7-8-16(2)21-15-18(22(24)25)11-14-20(21)17-9-12-19(23)13-10-17/h9-16,23H,3-8H2,1-2H3,(H,24,25). The molecule has 0 heterocycles. The summed E-state index contributed by atoms with van der Waals surface area (Å²) < 4.78 is 0. The molecule has 0 aliphatic carbocycles. The van der Waals surface area contributed by atoms with Gasteiger partial charge in [-0.3, -0.25) is 0 Å². The van der Waals surface area contributed by atoms with Crippen molar-refractivity contribution in [3.05, 3.63) is 53.6 Å². The average molecular weight is 340 g/mol. The van der Waals surface area contributed by atoms with Crippen molar-refractivity contribution in [2.24, 2.45) is 0 Å². The number of phenolic OH excluding ortho intramolecular Hbond substituents is 1. The number of rotatable bonds is 9. The minimum atomic E-state index is -0.895. The number of phenols is 1. The molecule has 0 amide bonds. The van der Waals surface area contributed by atoms with E-state index in [2.05, 4.69) is 13.8 Å². The second-order valence-corrected chi connectivity index (χ2v) is 6.76. The fourth-order valence-electron chi connectivity index (χ4n) is 3.22. The number of carbonyl (C=O) groups is 1. The van der Waals surface area contributed by atoms with Crippen molar-refractivity contribution < 1.29 is 15.0 Å². The van der Waals surface area contributed by atoms with E-state index in [9.17, 15) is 15.0 Å². The van der Waals surface area contributed by atoms with Crippen molar-refractivity contribution in [2.75, 3.05) is 0 Å². The maximum atomic E-state index is 11.4. The van der Waals surface area contributed by atoms with Crippen LogP contribution in [0.5, 0.6) is 5.75 Å². The molecule has 1 unspecified atom stereocenters. The van der Waals surface area contributed by atoms with Crippen molar-refractivity contribution in [3.63, 3.8) is 0 Å². The molecule has 2 aromatic rings. The first-order chi connectivity index (χ1) is 12.0. The van der Waals surface area contributed by atoms with Crippen LogP contribution in [0.15, 0.2) is 42.5 Å². The third kappa shape index (κ3) is 5.35. The third-order valence-corrected chi connectivity index (χ3v) is 4.75. The molecule has 134 valence electrons. The number of unbranched alkanes of at least 4 members (excludes halogenated alkanes) is 4. The van der Waals surface area contributed by atoms with E-state index in [1.807, 2.05) is 18.2 Å². The van der Waals surface area contributed by atoms with Crippen molar-refractivity contribution in [1.29, 1.82) is 0 Å². The first kappa shape index (κ1) is 19.0. The van der Waals surface area contributed by atoms with Crippen molar-refractivity contribution in [1.82, 2.24) is 0 Å². The molecule has 25 heavy (non-hydrogen) atoms. The lowest BCUT2D eigenvalue weighted by Crippen LogP contribution is -2.02. The van der Waals surface area contributed by atoms with E-state index in [-0.39, 0.29) is 5.75 Å². The van der Waals surface area contributed by atoms with E-state index in [1.54, 1.807) is 24.3 Å². The van der Waals surface area contributed by atoms with Crippen LogP contribution in [0.1, 0.15) is 74.2 Å². The molecule has 0 fully saturated rings. The summed E-state index contributed by atoms with van der Waals surface area (Å²) in [5, 5.41) is 18.8. The molecule has 2 rings (SSSR count). The van der Waals surface area contributed by atoms with Crippen LogP contribution in [-0.2, 0) is 0 Å². The smallest absolute Gasteiger partial charge is 0.335 e. The highest BCUT2D eigenvalue weighted by Gasteiger charge is 2.15. The molecule has 1 atom stereocenters. The maximum absolute atomic E-state index is 11.4. The van der Waals surface area contributed by atoms with Crippen molar-refractivity contribution >= 4 is 5.97 Å². The summed E-state index contributed by atoms with van der Waals surface area (Å²) in [4.78, 5) is 11.4. The maximum Gasteiger partial charge on any atom is 0.335 e. The van der Waals surface area contributed by atoms with Crippen LogP contribution in [0.2, 0.25) is 0 Å². The third-order valence-electron chi connectivity index (χ3n) is 4.75. The van der Waals surface area contributed by atoms with Crippen LogP contribution < -0.4 is 0 Å². The van der Waals surface area contributed by atoms with Crippen LogP contribution in [0.4, 0.5) is 0 Å². The van der Waals surface area contributed by atoms with Crippen LogP contribution in [0.3, 0.4) is 0 Å². The lowest BCUT2D eigenvalue weighted by Gasteiger charge is -2.18. The molecule has 0 spiro atoms. The second-order valence-electron chi connectivity index (χ2n) is 6.76. The number of hydrogen-bond donors (Lipinski definition) is 2. The van der Waals surface area contributed by atoms with Gasteiger partial charge in [0.05, 0.1) is 5.56 Å². The minimum absolute atomic E-state index is 0.233. The summed E-state index contributed by atoms with van der Waals surface area (Å²) in [5.41, 5.74) is 3.45. The van der Waals surface area contributed by atoms with Gasteiger partial charge in [0, 0.05) is 0 Å². The molecular weight excluding hydrogens is 312 g/mol. The number of carboxylic acids is 1. The predicted octanol–water partition coefficient (Wildman–Crippen LogP) is 6.22. The van der Waals surface area contributed by atoms with E-state index >= 15 is 0 Å². The Balaban J connectivity index is 2.24. The zero-order chi connectivity index (χ0) is 18.2. The molecule has 0 saturated carbocycles. The summed E-state index contributed by atoms with van der Waals surface area (Å²) in [6.07, 6.45) is 7.22. The van der Waals surface area contributed by atoms with Crippen LogP contribution in [0.25, 0.3) is 11.1 Å². The zero-order valence-corrected chi connectivity index (χ0v) is 15.2. The monoisotopic (exact) mass is 340 g/mol. The predicted molar refractivity (Wildman–Crippen MR) is 102 cm³/mol.